The second-order valence-electron chi connectivity index (χ2n) is 2.77. The molecule has 2 N–H and O–H groups in total. The van der Waals surface area contributed by atoms with Crippen LogP contribution in [0.3, 0.4) is 0 Å². The number of hydrogen-bond acceptors (Lipinski definition) is 4. The molecule has 5 heteroatoms. The SMILES string of the molecule is N#Cc1csc2c(CO)c[nH]c(=O)c12. The molecular formula is C9H6N2O2S. The number of rotatable bonds is 1. The van der Waals surface area contributed by atoms with E-state index >= 15 is 0 Å². The van der Waals surface area contributed by atoms with E-state index in [9.17, 15) is 4.79 Å². The minimum absolute atomic E-state index is 0.140. The van der Waals surface area contributed by atoms with Crippen molar-refractivity contribution in [2.45, 2.75) is 6.61 Å². The summed E-state index contributed by atoms with van der Waals surface area (Å²) in [5, 5.41) is 19.8. The quantitative estimate of drug-likeness (QED) is 0.729. The molecule has 2 rings (SSSR count). The van der Waals surface area contributed by atoms with E-state index in [-0.39, 0.29) is 12.2 Å². The second kappa shape index (κ2) is 3.25. The molecule has 0 bridgehead atoms. The van der Waals surface area contributed by atoms with Gasteiger partial charge in [0.25, 0.3) is 5.56 Å². The minimum atomic E-state index is -0.282. The molecule has 0 radical (unpaired) electrons. The van der Waals surface area contributed by atoms with Crippen molar-refractivity contribution in [1.82, 2.24) is 4.98 Å². The van der Waals surface area contributed by atoms with Gasteiger partial charge in [-0.1, -0.05) is 0 Å². The summed E-state index contributed by atoms with van der Waals surface area (Å²) in [5.74, 6) is 0. The van der Waals surface area contributed by atoms with Gasteiger partial charge in [-0.05, 0) is 0 Å². The summed E-state index contributed by atoms with van der Waals surface area (Å²) in [6.07, 6.45) is 1.47. The average molecular weight is 206 g/mol. The first-order valence-electron chi connectivity index (χ1n) is 3.90. The van der Waals surface area contributed by atoms with E-state index in [2.05, 4.69) is 4.98 Å². The van der Waals surface area contributed by atoms with Crippen molar-refractivity contribution < 1.29 is 5.11 Å². The summed E-state index contributed by atoms with van der Waals surface area (Å²) in [7, 11) is 0. The Kier molecular flexibility index (Phi) is 2.08. The highest BCUT2D eigenvalue weighted by Gasteiger charge is 2.10. The largest absolute Gasteiger partial charge is 0.392 e. The van der Waals surface area contributed by atoms with Crippen LogP contribution >= 0.6 is 11.3 Å². The van der Waals surface area contributed by atoms with Crippen molar-refractivity contribution >= 4 is 21.4 Å². The highest BCUT2D eigenvalue weighted by atomic mass is 32.1. The van der Waals surface area contributed by atoms with E-state index < -0.39 is 0 Å². The van der Waals surface area contributed by atoms with Crippen molar-refractivity contribution in [2.75, 3.05) is 0 Å². The van der Waals surface area contributed by atoms with Crippen LogP contribution < -0.4 is 5.56 Å². The number of hydrogen-bond donors (Lipinski definition) is 2. The van der Waals surface area contributed by atoms with Crippen LogP contribution in [0, 0.1) is 11.3 Å². The zero-order valence-electron chi connectivity index (χ0n) is 7.07. The van der Waals surface area contributed by atoms with Gasteiger partial charge < -0.3 is 10.1 Å². The van der Waals surface area contributed by atoms with Crippen LogP contribution in [0.25, 0.3) is 10.1 Å². The first kappa shape index (κ1) is 8.94. The fourth-order valence-corrected chi connectivity index (χ4v) is 2.31. The van der Waals surface area contributed by atoms with E-state index in [1.54, 1.807) is 5.38 Å². The molecule has 0 spiro atoms. The van der Waals surface area contributed by atoms with Gasteiger partial charge in [0.15, 0.2) is 0 Å². The number of H-pyrrole nitrogens is 1. The third kappa shape index (κ3) is 1.13. The number of aliphatic hydroxyl groups is 1. The Morgan fingerprint density at radius 1 is 1.64 bits per heavy atom. The maximum Gasteiger partial charge on any atom is 0.258 e. The molecule has 0 saturated carbocycles. The predicted molar refractivity (Wildman–Crippen MR) is 53.1 cm³/mol. The van der Waals surface area contributed by atoms with E-state index in [0.29, 0.717) is 21.2 Å². The van der Waals surface area contributed by atoms with E-state index in [0.717, 1.165) is 0 Å². The Bertz CT molecular complexity index is 576. The molecule has 0 amide bonds. The lowest BCUT2D eigenvalue weighted by atomic mass is 10.2. The number of pyridine rings is 1. The topological polar surface area (TPSA) is 76.9 Å². The summed E-state index contributed by atoms with van der Waals surface area (Å²) >= 11 is 1.30. The number of fused-ring (bicyclic) bond motifs is 1. The fourth-order valence-electron chi connectivity index (χ4n) is 1.31. The maximum atomic E-state index is 11.4. The Morgan fingerprint density at radius 3 is 3.07 bits per heavy atom. The Hall–Kier alpha value is -1.64. The summed E-state index contributed by atoms with van der Waals surface area (Å²) in [6.45, 7) is -0.140. The molecule has 0 aliphatic rings. The maximum absolute atomic E-state index is 11.4. The van der Waals surface area contributed by atoms with Gasteiger partial charge >= 0.3 is 0 Å². The van der Waals surface area contributed by atoms with Gasteiger partial charge in [0.2, 0.25) is 0 Å². The van der Waals surface area contributed by atoms with E-state index in [4.69, 9.17) is 10.4 Å². The van der Waals surface area contributed by atoms with Crippen molar-refractivity contribution in [2.24, 2.45) is 0 Å². The van der Waals surface area contributed by atoms with Crippen molar-refractivity contribution in [1.29, 1.82) is 5.26 Å². The van der Waals surface area contributed by atoms with Crippen molar-refractivity contribution in [3.63, 3.8) is 0 Å². The minimum Gasteiger partial charge on any atom is -0.392 e. The van der Waals surface area contributed by atoms with Crippen LogP contribution in [0.15, 0.2) is 16.4 Å². The Morgan fingerprint density at radius 2 is 2.43 bits per heavy atom. The zero-order chi connectivity index (χ0) is 10.1. The summed E-state index contributed by atoms with van der Waals surface area (Å²) in [5.41, 5.74) is 0.725. The molecule has 4 nitrogen and oxygen atoms in total. The third-order valence-corrected chi connectivity index (χ3v) is 3.03. The molecule has 0 aliphatic heterocycles. The molecule has 70 valence electrons. The predicted octanol–water partition coefficient (Wildman–Crippen LogP) is 0.954. The number of nitrogens with one attached hydrogen (secondary N) is 1. The van der Waals surface area contributed by atoms with Crippen LogP contribution in [0.1, 0.15) is 11.1 Å². The number of aromatic amines is 1. The molecule has 2 heterocycles. The Labute approximate surface area is 83.1 Å². The molecule has 0 fully saturated rings. The van der Waals surface area contributed by atoms with Crippen LogP contribution in [0.2, 0.25) is 0 Å². The van der Waals surface area contributed by atoms with Crippen molar-refractivity contribution in [3.8, 4) is 6.07 Å². The summed E-state index contributed by atoms with van der Waals surface area (Å²) in [6, 6.07) is 1.95. The summed E-state index contributed by atoms with van der Waals surface area (Å²) < 4.78 is 0.688. The van der Waals surface area contributed by atoms with Gasteiger partial charge in [-0.25, -0.2) is 0 Å². The normalized spacial score (nSPS) is 10.3. The monoisotopic (exact) mass is 206 g/mol. The Balaban J connectivity index is 2.96. The standard InChI is InChI=1S/C9H6N2O2S/c10-1-5-4-14-8-6(3-12)2-11-9(13)7(5)8/h2,4,12H,3H2,(H,11,13). The van der Waals surface area contributed by atoms with Gasteiger partial charge in [-0.2, -0.15) is 5.26 Å². The van der Waals surface area contributed by atoms with Gasteiger partial charge in [-0.3, -0.25) is 4.79 Å². The molecule has 14 heavy (non-hydrogen) atoms. The molecule has 0 aliphatic carbocycles. The lowest BCUT2D eigenvalue weighted by Gasteiger charge is -1.96. The van der Waals surface area contributed by atoms with Crippen LogP contribution in [-0.2, 0) is 6.61 Å². The molecule has 2 aromatic heterocycles. The molecule has 0 aromatic carbocycles. The molecule has 0 unspecified atom stereocenters. The number of nitrogens with zero attached hydrogens (tertiary/aromatic N) is 1. The van der Waals surface area contributed by atoms with Gasteiger partial charge in [0, 0.05) is 21.8 Å². The lowest BCUT2D eigenvalue weighted by molar-refractivity contribution is 0.283. The fraction of sp³-hybridized carbons (Fsp3) is 0.111. The first-order valence-corrected chi connectivity index (χ1v) is 4.78. The second-order valence-corrected chi connectivity index (χ2v) is 3.65. The number of aliphatic hydroxyl groups excluding tert-OH is 1. The molecule has 2 aromatic rings. The molecular weight excluding hydrogens is 200 g/mol. The van der Waals surface area contributed by atoms with Gasteiger partial charge in [0.1, 0.15) is 6.07 Å². The number of nitriles is 1. The number of thiophene rings is 1. The zero-order valence-corrected chi connectivity index (χ0v) is 7.89. The third-order valence-electron chi connectivity index (χ3n) is 1.98. The van der Waals surface area contributed by atoms with Crippen LogP contribution in [0.4, 0.5) is 0 Å². The first-order chi connectivity index (χ1) is 6.77. The number of aromatic nitrogens is 1. The van der Waals surface area contributed by atoms with Crippen molar-refractivity contribution in [3.05, 3.63) is 33.1 Å². The van der Waals surface area contributed by atoms with Crippen LogP contribution in [0.5, 0.6) is 0 Å². The molecule has 0 atom stereocenters. The van der Waals surface area contributed by atoms with Crippen LogP contribution in [-0.4, -0.2) is 10.1 Å². The van der Waals surface area contributed by atoms with Gasteiger partial charge in [0.05, 0.1) is 17.6 Å². The van der Waals surface area contributed by atoms with E-state index in [1.165, 1.54) is 17.5 Å². The van der Waals surface area contributed by atoms with E-state index in [1.807, 2.05) is 6.07 Å². The molecule has 0 saturated heterocycles. The van der Waals surface area contributed by atoms with Gasteiger partial charge in [-0.15, -0.1) is 11.3 Å². The smallest absolute Gasteiger partial charge is 0.258 e. The average Bonchev–Trinajstić information content (AvgIpc) is 2.63. The highest BCUT2D eigenvalue weighted by Crippen LogP contribution is 2.25. The highest BCUT2D eigenvalue weighted by molar-refractivity contribution is 7.17. The lowest BCUT2D eigenvalue weighted by Crippen LogP contribution is -2.06. The summed E-state index contributed by atoms with van der Waals surface area (Å²) in [4.78, 5) is 13.9.